The van der Waals surface area contributed by atoms with Crippen LogP contribution in [0.2, 0.25) is 0 Å². The molecule has 0 aliphatic heterocycles. The molecule has 0 aromatic heterocycles. The first-order chi connectivity index (χ1) is 6.88. The van der Waals surface area contributed by atoms with Crippen molar-refractivity contribution in [3.8, 4) is 0 Å². The van der Waals surface area contributed by atoms with E-state index in [-0.39, 0.29) is 0 Å². The fourth-order valence-corrected chi connectivity index (χ4v) is 2.29. The van der Waals surface area contributed by atoms with Crippen LogP contribution in [0.3, 0.4) is 0 Å². The van der Waals surface area contributed by atoms with Crippen molar-refractivity contribution in [3.63, 3.8) is 0 Å². The van der Waals surface area contributed by atoms with Crippen molar-refractivity contribution in [1.29, 1.82) is 0 Å². The average Bonchev–Trinajstić information content (AvgIpc) is 2.26. The molecule has 1 aliphatic rings. The monoisotopic (exact) mass is 195 g/mol. The van der Waals surface area contributed by atoms with E-state index in [1.807, 2.05) is 0 Å². The van der Waals surface area contributed by atoms with Crippen molar-refractivity contribution in [2.45, 2.75) is 64.3 Å². The summed E-state index contributed by atoms with van der Waals surface area (Å²) in [6.07, 6.45) is 13.3. The van der Waals surface area contributed by atoms with Crippen LogP contribution in [0.1, 0.15) is 58.3 Å². The summed E-state index contributed by atoms with van der Waals surface area (Å²) in [4.78, 5) is 0. The zero-order chi connectivity index (χ0) is 10.2. The molecule has 1 atom stereocenters. The largest absolute Gasteiger partial charge is 0.313 e. The Labute approximate surface area is 89.0 Å². The number of hydrogen-bond acceptors (Lipinski definition) is 1. The number of hydrogen-bond donors (Lipinski definition) is 1. The van der Waals surface area contributed by atoms with Crippen molar-refractivity contribution in [1.82, 2.24) is 5.32 Å². The number of rotatable bonds is 6. The normalized spacial score (nSPS) is 19.1. The molecule has 1 aliphatic carbocycles. The van der Waals surface area contributed by atoms with Gasteiger partial charge in [-0.3, -0.25) is 0 Å². The van der Waals surface area contributed by atoms with E-state index in [1.54, 1.807) is 5.57 Å². The summed E-state index contributed by atoms with van der Waals surface area (Å²) in [5, 5.41) is 3.46. The fraction of sp³-hybridized carbons (Fsp3) is 0.846. The van der Waals surface area contributed by atoms with Gasteiger partial charge in [-0.15, -0.1) is 0 Å². The number of unbranched alkanes of at least 4 members (excludes halogenated alkanes) is 2. The van der Waals surface area contributed by atoms with Crippen LogP contribution in [-0.4, -0.2) is 13.1 Å². The van der Waals surface area contributed by atoms with E-state index in [0.717, 1.165) is 0 Å². The third-order valence-electron chi connectivity index (χ3n) is 3.22. The highest BCUT2D eigenvalue weighted by Crippen LogP contribution is 2.22. The molecule has 0 bridgehead atoms. The van der Waals surface area contributed by atoms with E-state index in [0.29, 0.717) is 6.04 Å². The van der Waals surface area contributed by atoms with Crippen LogP contribution >= 0.6 is 0 Å². The van der Waals surface area contributed by atoms with E-state index in [9.17, 15) is 0 Å². The average molecular weight is 195 g/mol. The summed E-state index contributed by atoms with van der Waals surface area (Å²) in [6.45, 7) is 2.27. The summed E-state index contributed by atoms with van der Waals surface area (Å²) < 4.78 is 0. The molecule has 82 valence electrons. The number of allylic oxidation sites excluding steroid dienone is 1. The molecule has 1 heteroatoms. The molecule has 14 heavy (non-hydrogen) atoms. The van der Waals surface area contributed by atoms with E-state index >= 15 is 0 Å². The molecule has 1 rings (SSSR count). The third-order valence-corrected chi connectivity index (χ3v) is 3.22. The Morgan fingerprint density at radius 1 is 1.36 bits per heavy atom. The Morgan fingerprint density at radius 3 is 2.79 bits per heavy atom. The van der Waals surface area contributed by atoms with Crippen LogP contribution in [0.4, 0.5) is 0 Å². The van der Waals surface area contributed by atoms with E-state index < -0.39 is 0 Å². The van der Waals surface area contributed by atoms with E-state index in [2.05, 4.69) is 25.4 Å². The van der Waals surface area contributed by atoms with Crippen LogP contribution in [0, 0.1) is 0 Å². The Morgan fingerprint density at radius 2 is 2.21 bits per heavy atom. The SMILES string of the molecule is CCCCCC(NC)C1=CCCCC1. The van der Waals surface area contributed by atoms with E-state index in [1.165, 1.54) is 51.4 Å². The number of nitrogens with one attached hydrogen (secondary N) is 1. The van der Waals surface area contributed by atoms with Crippen LogP contribution in [0.15, 0.2) is 11.6 Å². The molecule has 0 heterocycles. The smallest absolute Gasteiger partial charge is 0.0276 e. The first-order valence-corrected chi connectivity index (χ1v) is 6.24. The van der Waals surface area contributed by atoms with Gasteiger partial charge < -0.3 is 5.32 Å². The molecule has 0 radical (unpaired) electrons. The van der Waals surface area contributed by atoms with Gasteiger partial charge in [0.15, 0.2) is 0 Å². The summed E-state index contributed by atoms with van der Waals surface area (Å²) in [6, 6.07) is 0.668. The van der Waals surface area contributed by atoms with Gasteiger partial charge >= 0.3 is 0 Å². The summed E-state index contributed by atoms with van der Waals surface area (Å²) in [5.74, 6) is 0. The van der Waals surface area contributed by atoms with Crippen molar-refractivity contribution in [2.24, 2.45) is 0 Å². The predicted octanol–water partition coefficient (Wildman–Crippen LogP) is 3.66. The summed E-state index contributed by atoms with van der Waals surface area (Å²) in [7, 11) is 2.10. The molecule has 1 N–H and O–H groups in total. The fourth-order valence-electron chi connectivity index (χ4n) is 2.29. The Kier molecular flexibility index (Phi) is 5.93. The Hall–Kier alpha value is -0.300. The number of likely N-dealkylation sites (N-methyl/N-ethyl adjacent to an activating group) is 1. The lowest BCUT2D eigenvalue weighted by Gasteiger charge is -2.22. The minimum absolute atomic E-state index is 0.668. The maximum absolute atomic E-state index is 3.46. The van der Waals surface area contributed by atoms with Crippen LogP contribution in [-0.2, 0) is 0 Å². The Balaban J connectivity index is 2.32. The minimum atomic E-state index is 0.668. The second kappa shape index (κ2) is 7.05. The second-order valence-corrected chi connectivity index (χ2v) is 4.36. The molecule has 0 spiro atoms. The first kappa shape index (κ1) is 11.8. The van der Waals surface area contributed by atoms with E-state index in [4.69, 9.17) is 0 Å². The lowest BCUT2D eigenvalue weighted by Crippen LogP contribution is -2.28. The molecular weight excluding hydrogens is 170 g/mol. The maximum atomic E-state index is 3.46. The van der Waals surface area contributed by atoms with Gasteiger partial charge in [-0.05, 0) is 39.2 Å². The molecule has 1 nitrogen and oxygen atoms in total. The Bertz CT molecular complexity index is 172. The molecular formula is C13H25N. The first-order valence-electron chi connectivity index (χ1n) is 6.24. The van der Waals surface area contributed by atoms with Crippen LogP contribution < -0.4 is 5.32 Å². The lowest BCUT2D eigenvalue weighted by atomic mass is 9.91. The zero-order valence-electron chi connectivity index (χ0n) is 9.81. The third kappa shape index (κ3) is 3.83. The topological polar surface area (TPSA) is 12.0 Å². The molecule has 0 fully saturated rings. The standard InChI is InChI=1S/C13H25N/c1-3-4-6-11-13(14-2)12-9-7-5-8-10-12/h9,13-14H,3-8,10-11H2,1-2H3. The molecule has 1 unspecified atom stereocenters. The quantitative estimate of drug-likeness (QED) is 0.504. The van der Waals surface area contributed by atoms with Crippen molar-refractivity contribution in [2.75, 3.05) is 7.05 Å². The molecule has 0 saturated heterocycles. The van der Waals surface area contributed by atoms with Gasteiger partial charge in [-0.25, -0.2) is 0 Å². The highest BCUT2D eigenvalue weighted by Gasteiger charge is 2.13. The molecule has 0 amide bonds. The molecule has 0 aromatic rings. The van der Waals surface area contributed by atoms with Gasteiger partial charge in [0.2, 0.25) is 0 Å². The zero-order valence-corrected chi connectivity index (χ0v) is 9.81. The van der Waals surface area contributed by atoms with Gasteiger partial charge in [0.05, 0.1) is 0 Å². The maximum Gasteiger partial charge on any atom is 0.0276 e. The van der Waals surface area contributed by atoms with Gasteiger partial charge in [-0.2, -0.15) is 0 Å². The molecule has 0 saturated carbocycles. The van der Waals surface area contributed by atoms with Crippen LogP contribution in [0.25, 0.3) is 0 Å². The minimum Gasteiger partial charge on any atom is -0.313 e. The molecule has 0 aromatic carbocycles. The van der Waals surface area contributed by atoms with Crippen molar-refractivity contribution < 1.29 is 0 Å². The highest BCUT2D eigenvalue weighted by atomic mass is 14.9. The summed E-state index contributed by atoms with van der Waals surface area (Å²) >= 11 is 0. The highest BCUT2D eigenvalue weighted by molar-refractivity contribution is 5.12. The predicted molar refractivity (Wildman–Crippen MR) is 63.5 cm³/mol. The van der Waals surface area contributed by atoms with Gasteiger partial charge in [0, 0.05) is 6.04 Å². The van der Waals surface area contributed by atoms with Crippen LogP contribution in [0.5, 0.6) is 0 Å². The summed E-state index contributed by atoms with van der Waals surface area (Å²) in [5.41, 5.74) is 1.68. The van der Waals surface area contributed by atoms with Gasteiger partial charge in [0.25, 0.3) is 0 Å². The van der Waals surface area contributed by atoms with Crippen molar-refractivity contribution in [3.05, 3.63) is 11.6 Å². The van der Waals surface area contributed by atoms with Crippen molar-refractivity contribution >= 4 is 0 Å². The van der Waals surface area contributed by atoms with Gasteiger partial charge in [-0.1, -0.05) is 37.8 Å². The lowest BCUT2D eigenvalue weighted by molar-refractivity contribution is 0.512. The van der Waals surface area contributed by atoms with Gasteiger partial charge in [0.1, 0.15) is 0 Å². The second-order valence-electron chi connectivity index (χ2n) is 4.36.